The summed E-state index contributed by atoms with van der Waals surface area (Å²) in [6, 6.07) is 25.7. The van der Waals surface area contributed by atoms with Crippen molar-refractivity contribution in [3.63, 3.8) is 0 Å². The largest absolute Gasteiger partial charge is 0.497 e. The molecule has 1 aliphatic heterocycles. The van der Waals surface area contributed by atoms with Crippen LogP contribution in [0.1, 0.15) is 35.7 Å². The van der Waals surface area contributed by atoms with E-state index in [1.54, 1.807) is 7.11 Å². The summed E-state index contributed by atoms with van der Waals surface area (Å²) in [4.78, 5) is 12.7. The minimum atomic E-state index is -0.432. The smallest absolute Gasteiger partial charge is 0.407 e. The second kappa shape index (κ2) is 8.91. The zero-order valence-corrected chi connectivity index (χ0v) is 17.2. The van der Waals surface area contributed by atoms with Crippen LogP contribution in [0, 0.1) is 5.92 Å². The molecule has 30 heavy (non-hydrogen) atoms. The highest BCUT2D eigenvalue weighted by Crippen LogP contribution is 2.44. The van der Waals surface area contributed by atoms with E-state index in [2.05, 4.69) is 29.7 Å². The third-order valence-electron chi connectivity index (χ3n) is 5.60. The predicted molar refractivity (Wildman–Crippen MR) is 117 cm³/mol. The molecule has 0 radical (unpaired) electrons. The number of alkyl carbamates (subject to hydrolysis) is 1. The van der Waals surface area contributed by atoms with E-state index in [4.69, 9.17) is 9.47 Å². The normalized spacial score (nSPS) is 19.9. The first-order valence-corrected chi connectivity index (χ1v) is 10.1. The van der Waals surface area contributed by atoms with E-state index in [1.165, 1.54) is 5.56 Å². The Kier molecular flexibility index (Phi) is 5.89. The van der Waals surface area contributed by atoms with Crippen molar-refractivity contribution in [2.45, 2.75) is 25.6 Å². The number of rotatable bonds is 5. The Labute approximate surface area is 177 Å². The zero-order valence-electron chi connectivity index (χ0n) is 17.2. The van der Waals surface area contributed by atoms with Crippen molar-refractivity contribution in [1.82, 2.24) is 5.32 Å². The molecule has 154 valence electrons. The van der Waals surface area contributed by atoms with Crippen molar-refractivity contribution in [2.24, 2.45) is 5.92 Å². The molecule has 0 fully saturated rings. The molecule has 1 amide bonds. The lowest BCUT2D eigenvalue weighted by Crippen LogP contribution is -2.40. The van der Waals surface area contributed by atoms with Gasteiger partial charge in [0.1, 0.15) is 12.4 Å². The molecule has 0 saturated carbocycles. The number of nitrogens with one attached hydrogen (secondary N) is 2. The van der Waals surface area contributed by atoms with Gasteiger partial charge in [-0.2, -0.15) is 0 Å². The molecule has 1 heterocycles. The standard InChI is InChI=1S/C25H26N2O3/c1-17-23(19-11-7-4-8-12-19)26-22-14-13-20(29-2)15-21(22)24(17)27-25(28)30-16-18-9-5-3-6-10-18/h3-15,17,23-24,26H,16H2,1-2H3,(H,27,28)/t17-,23-,24-/m0/s1. The van der Waals surface area contributed by atoms with Gasteiger partial charge >= 0.3 is 6.09 Å². The minimum Gasteiger partial charge on any atom is -0.497 e. The first-order chi connectivity index (χ1) is 14.7. The summed E-state index contributed by atoms with van der Waals surface area (Å²) in [6.07, 6.45) is -0.432. The Morgan fingerprint density at radius 2 is 1.70 bits per heavy atom. The second-order valence-corrected chi connectivity index (χ2v) is 7.53. The Hall–Kier alpha value is -3.47. The number of carbonyl (C=O) groups excluding carboxylic acids is 1. The quantitative estimate of drug-likeness (QED) is 0.594. The predicted octanol–water partition coefficient (Wildman–Crippen LogP) is 5.47. The fourth-order valence-corrected chi connectivity index (χ4v) is 3.98. The summed E-state index contributed by atoms with van der Waals surface area (Å²) >= 11 is 0. The zero-order chi connectivity index (χ0) is 20.9. The van der Waals surface area contributed by atoms with Crippen LogP contribution in [0.3, 0.4) is 0 Å². The average Bonchev–Trinajstić information content (AvgIpc) is 2.80. The summed E-state index contributed by atoms with van der Waals surface area (Å²) in [6.45, 7) is 2.37. The molecule has 0 saturated heterocycles. The summed E-state index contributed by atoms with van der Waals surface area (Å²) in [5, 5.41) is 6.72. The van der Waals surface area contributed by atoms with E-state index in [0.29, 0.717) is 0 Å². The van der Waals surface area contributed by atoms with Crippen molar-refractivity contribution in [2.75, 3.05) is 12.4 Å². The Morgan fingerprint density at radius 3 is 2.40 bits per heavy atom. The van der Waals surface area contributed by atoms with Crippen LogP contribution in [0.15, 0.2) is 78.9 Å². The minimum absolute atomic E-state index is 0.0616. The van der Waals surface area contributed by atoms with E-state index in [9.17, 15) is 4.79 Å². The van der Waals surface area contributed by atoms with Crippen LogP contribution in [0.25, 0.3) is 0 Å². The Balaban J connectivity index is 1.58. The molecule has 2 N–H and O–H groups in total. The molecule has 3 aromatic rings. The number of benzene rings is 3. The first-order valence-electron chi connectivity index (χ1n) is 10.1. The summed E-state index contributed by atoms with van der Waals surface area (Å²) in [5.41, 5.74) is 4.10. The SMILES string of the molecule is COc1ccc2c(c1)[C@@H](NC(=O)OCc1ccccc1)[C@@H](C)[C@@H](c1ccccc1)N2. The van der Waals surface area contributed by atoms with Crippen LogP contribution in [-0.4, -0.2) is 13.2 Å². The lowest BCUT2D eigenvalue weighted by molar-refractivity contribution is 0.130. The molecule has 0 bridgehead atoms. The summed E-state index contributed by atoms with van der Waals surface area (Å²) in [5.74, 6) is 0.849. The molecule has 3 atom stereocenters. The number of carbonyl (C=O) groups is 1. The number of amides is 1. The maximum absolute atomic E-state index is 12.7. The van der Waals surface area contributed by atoms with Gasteiger partial charge in [-0.1, -0.05) is 67.6 Å². The van der Waals surface area contributed by atoms with Crippen LogP contribution in [0.4, 0.5) is 10.5 Å². The van der Waals surface area contributed by atoms with Gasteiger partial charge in [0.15, 0.2) is 0 Å². The van der Waals surface area contributed by atoms with Crippen molar-refractivity contribution >= 4 is 11.8 Å². The second-order valence-electron chi connectivity index (χ2n) is 7.53. The molecule has 0 aromatic heterocycles. The van der Waals surface area contributed by atoms with Crippen molar-refractivity contribution in [3.8, 4) is 5.75 Å². The lowest BCUT2D eigenvalue weighted by Gasteiger charge is -2.39. The fourth-order valence-electron chi connectivity index (χ4n) is 3.98. The van der Waals surface area contributed by atoms with Crippen molar-refractivity contribution in [1.29, 1.82) is 0 Å². The molecular weight excluding hydrogens is 376 g/mol. The number of anilines is 1. The fraction of sp³-hybridized carbons (Fsp3) is 0.240. The van der Waals surface area contributed by atoms with Gasteiger partial charge in [-0.3, -0.25) is 0 Å². The molecule has 5 nitrogen and oxygen atoms in total. The van der Waals surface area contributed by atoms with Gasteiger partial charge in [-0.15, -0.1) is 0 Å². The molecule has 1 aliphatic rings. The van der Waals surface area contributed by atoms with Gasteiger partial charge in [-0.05, 0) is 29.3 Å². The topological polar surface area (TPSA) is 59.6 Å². The molecule has 5 heteroatoms. The van der Waals surface area contributed by atoms with E-state index in [0.717, 1.165) is 22.6 Å². The molecule has 3 aromatic carbocycles. The Morgan fingerprint density at radius 1 is 1.00 bits per heavy atom. The average molecular weight is 402 g/mol. The number of hydrogen-bond acceptors (Lipinski definition) is 4. The van der Waals surface area contributed by atoms with Crippen LogP contribution < -0.4 is 15.4 Å². The highest BCUT2D eigenvalue weighted by Gasteiger charge is 2.36. The van der Waals surface area contributed by atoms with Gasteiger partial charge in [0.25, 0.3) is 0 Å². The van der Waals surface area contributed by atoms with Crippen molar-refractivity contribution in [3.05, 3.63) is 95.6 Å². The third-order valence-corrected chi connectivity index (χ3v) is 5.60. The van der Waals surface area contributed by atoms with Gasteiger partial charge in [0.05, 0.1) is 19.2 Å². The number of methoxy groups -OCH3 is 1. The molecule has 0 spiro atoms. The van der Waals surface area contributed by atoms with Gasteiger partial charge in [-0.25, -0.2) is 4.79 Å². The lowest BCUT2D eigenvalue weighted by atomic mass is 9.81. The highest BCUT2D eigenvalue weighted by molar-refractivity contribution is 5.70. The maximum Gasteiger partial charge on any atom is 0.407 e. The molecule has 0 aliphatic carbocycles. The summed E-state index contributed by atoms with van der Waals surface area (Å²) in [7, 11) is 1.64. The van der Waals surface area contributed by atoms with Crippen LogP contribution in [0.2, 0.25) is 0 Å². The third kappa shape index (κ3) is 4.25. The molecular formula is C25H26N2O3. The molecule has 4 rings (SSSR count). The molecule has 0 unspecified atom stereocenters. The van der Waals surface area contributed by atoms with Crippen LogP contribution in [-0.2, 0) is 11.3 Å². The van der Waals surface area contributed by atoms with E-state index in [-0.39, 0.29) is 24.6 Å². The maximum atomic E-state index is 12.7. The number of hydrogen-bond donors (Lipinski definition) is 2. The van der Waals surface area contributed by atoms with Crippen LogP contribution in [0.5, 0.6) is 5.75 Å². The number of fused-ring (bicyclic) bond motifs is 1. The Bertz CT molecular complexity index is 992. The number of ether oxygens (including phenoxy) is 2. The van der Waals surface area contributed by atoms with E-state index >= 15 is 0 Å². The van der Waals surface area contributed by atoms with Crippen LogP contribution >= 0.6 is 0 Å². The van der Waals surface area contributed by atoms with E-state index in [1.807, 2.05) is 66.7 Å². The van der Waals surface area contributed by atoms with Gasteiger partial charge in [0.2, 0.25) is 0 Å². The van der Waals surface area contributed by atoms with Gasteiger partial charge in [0, 0.05) is 17.2 Å². The first kappa shape index (κ1) is 19.8. The van der Waals surface area contributed by atoms with Gasteiger partial charge < -0.3 is 20.1 Å². The van der Waals surface area contributed by atoms with Crippen molar-refractivity contribution < 1.29 is 14.3 Å². The van der Waals surface area contributed by atoms with E-state index < -0.39 is 6.09 Å². The summed E-state index contributed by atoms with van der Waals surface area (Å²) < 4.78 is 10.9. The highest BCUT2D eigenvalue weighted by atomic mass is 16.5. The monoisotopic (exact) mass is 402 g/mol.